The minimum Gasteiger partial charge on any atom is -0.338 e. The van der Waals surface area contributed by atoms with E-state index in [2.05, 4.69) is 45.1 Å². The maximum Gasteiger partial charge on any atom is 0.230 e. The van der Waals surface area contributed by atoms with Crippen LogP contribution < -0.4 is 5.32 Å². The van der Waals surface area contributed by atoms with Gasteiger partial charge < -0.3 is 15.1 Å². The number of amides is 1. The second-order valence-corrected chi connectivity index (χ2v) is 6.04. The quantitative estimate of drug-likeness (QED) is 0.801. The molecule has 0 aromatic heterocycles. The van der Waals surface area contributed by atoms with Gasteiger partial charge in [0.2, 0.25) is 5.91 Å². The van der Waals surface area contributed by atoms with E-state index in [1.165, 1.54) is 0 Å². The summed E-state index contributed by atoms with van der Waals surface area (Å²) in [7, 11) is 4.11. The van der Waals surface area contributed by atoms with Gasteiger partial charge in [-0.3, -0.25) is 4.79 Å². The third-order valence-electron chi connectivity index (χ3n) is 3.88. The Morgan fingerprint density at radius 3 is 2.56 bits per heavy atom. The average Bonchev–Trinajstić information content (AvgIpc) is 2.29. The molecule has 0 bridgehead atoms. The molecule has 1 fully saturated rings. The zero-order valence-corrected chi connectivity index (χ0v) is 12.6. The molecule has 106 valence electrons. The molecule has 1 rings (SSSR count). The molecule has 1 saturated heterocycles. The van der Waals surface area contributed by atoms with E-state index in [4.69, 9.17) is 0 Å². The topological polar surface area (TPSA) is 35.6 Å². The Morgan fingerprint density at radius 1 is 1.44 bits per heavy atom. The molecular weight excluding hydrogens is 226 g/mol. The molecule has 0 aliphatic carbocycles. The van der Waals surface area contributed by atoms with E-state index in [0.29, 0.717) is 5.91 Å². The summed E-state index contributed by atoms with van der Waals surface area (Å²) in [5, 5.41) is 3.36. The summed E-state index contributed by atoms with van der Waals surface area (Å²) in [6, 6.07) is 0.274. The molecule has 2 unspecified atom stereocenters. The lowest BCUT2D eigenvalue weighted by Crippen LogP contribution is -2.54. The van der Waals surface area contributed by atoms with E-state index < -0.39 is 0 Å². The Bertz CT molecular complexity index is 272. The van der Waals surface area contributed by atoms with Crippen LogP contribution in [0.25, 0.3) is 0 Å². The van der Waals surface area contributed by atoms with Crippen molar-refractivity contribution in [3.63, 3.8) is 0 Å². The van der Waals surface area contributed by atoms with Gasteiger partial charge in [-0.15, -0.1) is 0 Å². The molecule has 4 heteroatoms. The summed E-state index contributed by atoms with van der Waals surface area (Å²) >= 11 is 0. The predicted octanol–water partition coefficient (Wildman–Crippen LogP) is 1.17. The Labute approximate surface area is 112 Å². The van der Waals surface area contributed by atoms with Crippen LogP contribution in [0.15, 0.2) is 0 Å². The fourth-order valence-corrected chi connectivity index (χ4v) is 2.87. The van der Waals surface area contributed by atoms with Gasteiger partial charge in [-0.1, -0.05) is 0 Å². The first-order valence-corrected chi connectivity index (χ1v) is 7.07. The van der Waals surface area contributed by atoms with E-state index in [1.807, 2.05) is 4.90 Å². The molecule has 4 nitrogen and oxygen atoms in total. The van der Waals surface area contributed by atoms with Crippen molar-refractivity contribution in [1.29, 1.82) is 0 Å². The average molecular weight is 255 g/mol. The molecule has 1 heterocycles. The minimum absolute atomic E-state index is 0.213. The molecule has 1 aliphatic heterocycles. The van der Waals surface area contributed by atoms with E-state index in [9.17, 15) is 4.79 Å². The van der Waals surface area contributed by atoms with Crippen molar-refractivity contribution >= 4 is 5.91 Å². The third kappa shape index (κ3) is 3.69. The van der Waals surface area contributed by atoms with Crippen molar-refractivity contribution in [3.05, 3.63) is 0 Å². The van der Waals surface area contributed by atoms with Crippen molar-refractivity contribution < 1.29 is 4.79 Å². The van der Waals surface area contributed by atoms with Gasteiger partial charge in [-0.05, 0) is 54.3 Å². The van der Waals surface area contributed by atoms with Crippen LogP contribution in [-0.2, 0) is 4.79 Å². The van der Waals surface area contributed by atoms with Crippen molar-refractivity contribution in [2.24, 2.45) is 5.41 Å². The van der Waals surface area contributed by atoms with E-state index in [1.54, 1.807) is 0 Å². The fourth-order valence-electron chi connectivity index (χ4n) is 2.87. The number of piperidine rings is 1. The Balaban J connectivity index is 2.71. The SMILES string of the molecule is CCN(C(=O)C1(C)CCCNC1)C(C)CN(C)C. The molecule has 0 spiro atoms. The van der Waals surface area contributed by atoms with Gasteiger partial charge in [0, 0.05) is 25.7 Å². The van der Waals surface area contributed by atoms with E-state index in [-0.39, 0.29) is 11.5 Å². The first-order valence-electron chi connectivity index (χ1n) is 7.07. The summed E-state index contributed by atoms with van der Waals surface area (Å²) in [5.41, 5.74) is -0.213. The zero-order chi connectivity index (χ0) is 13.8. The lowest BCUT2D eigenvalue weighted by molar-refractivity contribution is -0.144. The van der Waals surface area contributed by atoms with Crippen LogP contribution in [0, 0.1) is 5.41 Å². The van der Waals surface area contributed by atoms with Gasteiger partial charge >= 0.3 is 0 Å². The molecule has 1 aliphatic rings. The van der Waals surface area contributed by atoms with Gasteiger partial charge in [0.05, 0.1) is 5.41 Å². The first-order chi connectivity index (χ1) is 8.40. The van der Waals surface area contributed by atoms with E-state index >= 15 is 0 Å². The van der Waals surface area contributed by atoms with Crippen molar-refractivity contribution in [2.75, 3.05) is 40.3 Å². The van der Waals surface area contributed by atoms with Gasteiger partial charge in [-0.2, -0.15) is 0 Å². The van der Waals surface area contributed by atoms with Gasteiger partial charge in [0.15, 0.2) is 0 Å². The van der Waals surface area contributed by atoms with Crippen LogP contribution in [0.5, 0.6) is 0 Å². The molecule has 0 aromatic carbocycles. The number of hydrogen-bond acceptors (Lipinski definition) is 3. The second-order valence-electron chi connectivity index (χ2n) is 6.04. The second kappa shape index (κ2) is 6.53. The van der Waals surface area contributed by atoms with E-state index in [0.717, 1.165) is 39.0 Å². The normalized spacial score (nSPS) is 26.1. The molecule has 0 saturated carbocycles. The number of likely N-dealkylation sites (N-methyl/N-ethyl adjacent to an activating group) is 2. The van der Waals surface area contributed by atoms with Gasteiger partial charge in [0.1, 0.15) is 0 Å². The molecule has 2 atom stereocenters. The lowest BCUT2D eigenvalue weighted by atomic mass is 9.81. The highest BCUT2D eigenvalue weighted by atomic mass is 16.2. The standard InChI is InChI=1S/C14H29N3O/c1-6-17(12(2)10-16(4)5)13(18)14(3)8-7-9-15-11-14/h12,15H,6-11H2,1-5H3. The number of carbonyl (C=O) groups excluding carboxylic acids is 1. The molecule has 0 aromatic rings. The maximum atomic E-state index is 12.7. The third-order valence-corrected chi connectivity index (χ3v) is 3.88. The monoisotopic (exact) mass is 255 g/mol. The van der Waals surface area contributed by atoms with Crippen molar-refractivity contribution in [1.82, 2.24) is 15.1 Å². The molecule has 18 heavy (non-hydrogen) atoms. The summed E-state index contributed by atoms with van der Waals surface area (Å²) in [5.74, 6) is 0.312. The minimum atomic E-state index is -0.213. The molecule has 1 N–H and O–H groups in total. The van der Waals surface area contributed by atoms with Crippen molar-refractivity contribution in [2.45, 2.75) is 39.7 Å². The number of nitrogens with one attached hydrogen (secondary N) is 1. The molecule has 1 amide bonds. The number of hydrogen-bond donors (Lipinski definition) is 1. The highest BCUT2D eigenvalue weighted by Gasteiger charge is 2.38. The number of nitrogens with zero attached hydrogens (tertiary/aromatic N) is 2. The van der Waals surface area contributed by atoms with Gasteiger partial charge in [0.25, 0.3) is 0 Å². The maximum absolute atomic E-state index is 12.7. The summed E-state index contributed by atoms with van der Waals surface area (Å²) in [6.07, 6.45) is 2.10. The van der Waals surface area contributed by atoms with Crippen molar-refractivity contribution in [3.8, 4) is 0 Å². The van der Waals surface area contributed by atoms with Crippen LogP contribution in [0.3, 0.4) is 0 Å². The first kappa shape index (κ1) is 15.4. The summed E-state index contributed by atoms with van der Waals surface area (Å²) < 4.78 is 0. The Hall–Kier alpha value is -0.610. The highest BCUT2D eigenvalue weighted by Crippen LogP contribution is 2.28. The highest BCUT2D eigenvalue weighted by molar-refractivity contribution is 5.83. The molecule has 0 radical (unpaired) electrons. The van der Waals surface area contributed by atoms with Crippen LogP contribution in [0.1, 0.15) is 33.6 Å². The Kier molecular flexibility index (Phi) is 5.60. The lowest BCUT2D eigenvalue weighted by Gasteiger charge is -2.40. The van der Waals surface area contributed by atoms with Crippen LogP contribution in [0.2, 0.25) is 0 Å². The zero-order valence-electron chi connectivity index (χ0n) is 12.6. The van der Waals surface area contributed by atoms with Crippen LogP contribution >= 0.6 is 0 Å². The van der Waals surface area contributed by atoms with Crippen LogP contribution in [-0.4, -0.2) is 62.0 Å². The van der Waals surface area contributed by atoms with Gasteiger partial charge in [-0.25, -0.2) is 0 Å². The van der Waals surface area contributed by atoms with Crippen LogP contribution in [0.4, 0.5) is 0 Å². The fraction of sp³-hybridized carbons (Fsp3) is 0.929. The number of carbonyl (C=O) groups is 1. The predicted molar refractivity (Wildman–Crippen MR) is 75.6 cm³/mol. The Morgan fingerprint density at radius 2 is 2.11 bits per heavy atom. The summed E-state index contributed by atoms with van der Waals surface area (Å²) in [6.45, 7) is 9.89. The molecular formula is C14H29N3O. The largest absolute Gasteiger partial charge is 0.338 e. The smallest absolute Gasteiger partial charge is 0.230 e. The summed E-state index contributed by atoms with van der Waals surface area (Å²) in [4.78, 5) is 16.9. The number of rotatable bonds is 5.